The van der Waals surface area contributed by atoms with Gasteiger partial charge in [0.25, 0.3) is 0 Å². The lowest BCUT2D eigenvalue weighted by atomic mass is 10.0. The van der Waals surface area contributed by atoms with E-state index in [1.165, 1.54) is 4.57 Å². The topological polar surface area (TPSA) is 39.9 Å². The highest BCUT2D eigenvalue weighted by molar-refractivity contribution is 6.34. The fourth-order valence-electron chi connectivity index (χ4n) is 2.98. The van der Waals surface area contributed by atoms with Gasteiger partial charge < -0.3 is 9.30 Å². The van der Waals surface area contributed by atoms with Crippen molar-refractivity contribution in [3.8, 4) is 0 Å². The number of hydrogen-bond donors (Lipinski definition) is 0. The molecule has 1 aliphatic rings. The molecule has 3 heterocycles. The van der Waals surface area contributed by atoms with E-state index in [2.05, 4.69) is 9.97 Å². The number of halogens is 4. The molecule has 0 saturated carbocycles. The summed E-state index contributed by atoms with van der Waals surface area (Å²) in [6.45, 7) is 3.95. The molecule has 0 spiro atoms. The Kier molecular flexibility index (Phi) is 3.81. The Morgan fingerprint density at radius 1 is 1.41 bits per heavy atom. The summed E-state index contributed by atoms with van der Waals surface area (Å²) in [5, 5.41) is -0.374. The molecule has 0 amide bonds. The lowest BCUT2D eigenvalue weighted by Gasteiger charge is -2.18. The van der Waals surface area contributed by atoms with Crippen LogP contribution in [0.25, 0.3) is 11.0 Å². The maximum atomic E-state index is 13.3. The highest BCUT2D eigenvalue weighted by Gasteiger charge is 2.40. The largest absolute Gasteiger partial charge is 0.418 e. The smallest absolute Gasteiger partial charge is 0.354 e. The molecule has 1 saturated heterocycles. The standard InChI is InChI=1S/C14H15ClF3N3O/c1-3-8-4-7(2)13(22-8)21-5-9(14(16,17)18)10-11(15)19-6-20-12(10)21/h5-8,13H,3-4H2,1-2H3/t7-,8-,13-/m1/s1. The van der Waals surface area contributed by atoms with Crippen molar-refractivity contribution >= 4 is 22.6 Å². The van der Waals surface area contributed by atoms with Crippen LogP contribution in [0, 0.1) is 5.92 Å². The number of alkyl halides is 3. The second-order valence-electron chi connectivity index (χ2n) is 5.58. The molecule has 4 nitrogen and oxygen atoms in total. The molecule has 2 aromatic rings. The quantitative estimate of drug-likeness (QED) is 0.763. The zero-order chi connectivity index (χ0) is 16.1. The first-order valence-electron chi connectivity index (χ1n) is 7.06. The first-order chi connectivity index (χ1) is 10.3. The minimum absolute atomic E-state index is 0.0455. The number of nitrogens with zero attached hydrogens (tertiary/aromatic N) is 3. The monoisotopic (exact) mass is 333 g/mol. The van der Waals surface area contributed by atoms with E-state index in [9.17, 15) is 13.2 Å². The maximum absolute atomic E-state index is 13.3. The first-order valence-corrected chi connectivity index (χ1v) is 7.44. The van der Waals surface area contributed by atoms with E-state index in [0.717, 1.165) is 25.4 Å². The third-order valence-electron chi connectivity index (χ3n) is 4.05. The van der Waals surface area contributed by atoms with Crippen molar-refractivity contribution in [2.24, 2.45) is 5.92 Å². The van der Waals surface area contributed by atoms with Crippen LogP contribution in [0.1, 0.15) is 38.5 Å². The number of ether oxygens (including phenoxy) is 1. The van der Waals surface area contributed by atoms with E-state index in [1.54, 1.807) is 0 Å². The second-order valence-corrected chi connectivity index (χ2v) is 5.94. The molecule has 0 unspecified atom stereocenters. The van der Waals surface area contributed by atoms with E-state index in [4.69, 9.17) is 16.3 Å². The number of rotatable bonds is 2. The fraction of sp³-hybridized carbons (Fsp3) is 0.571. The highest BCUT2D eigenvalue weighted by atomic mass is 35.5. The lowest BCUT2D eigenvalue weighted by Crippen LogP contribution is -2.14. The molecule has 22 heavy (non-hydrogen) atoms. The van der Waals surface area contributed by atoms with Crippen LogP contribution in [-0.2, 0) is 10.9 Å². The fourth-order valence-corrected chi connectivity index (χ4v) is 3.21. The van der Waals surface area contributed by atoms with Crippen LogP contribution in [0.4, 0.5) is 13.2 Å². The molecule has 0 bridgehead atoms. The van der Waals surface area contributed by atoms with Gasteiger partial charge in [-0.3, -0.25) is 0 Å². The zero-order valence-corrected chi connectivity index (χ0v) is 12.8. The lowest BCUT2D eigenvalue weighted by molar-refractivity contribution is -0.136. The van der Waals surface area contributed by atoms with Crippen LogP contribution in [0.2, 0.25) is 5.15 Å². The molecule has 1 aliphatic heterocycles. The van der Waals surface area contributed by atoms with Crippen LogP contribution < -0.4 is 0 Å². The maximum Gasteiger partial charge on any atom is 0.418 e. The van der Waals surface area contributed by atoms with Crippen molar-refractivity contribution in [3.05, 3.63) is 23.2 Å². The molecule has 2 aromatic heterocycles. The summed E-state index contributed by atoms with van der Waals surface area (Å²) in [6.07, 6.45) is -1.13. The predicted molar refractivity (Wildman–Crippen MR) is 75.5 cm³/mol. The van der Waals surface area contributed by atoms with Gasteiger partial charge in [-0.05, 0) is 12.8 Å². The summed E-state index contributed by atoms with van der Waals surface area (Å²) in [5.41, 5.74) is -0.676. The Balaban J connectivity index is 2.17. The summed E-state index contributed by atoms with van der Waals surface area (Å²) < 4.78 is 47.1. The van der Waals surface area contributed by atoms with Crippen LogP contribution in [0.5, 0.6) is 0 Å². The van der Waals surface area contributed by atoms with Crippen LogP contribution in [0.15, 0.2) is 12.5 Å². The van der Waals surface area contributed by atoms with Gasteiger partial charge in [0.2, 0.25) is 0 Å². The third-order valence-corrected chi connectivity index (χ3v) is 4.34. The van der Waals surface area contributed by atoms with Crippen LogP contribution in [-0.4, -0.2) is 20.6 Å². The Bertz CT molecular complexity index is 700. The van der Waals surface area contributed by atoms with E-state index in [-0.39, 0.29) is 28.2 Å². The van der Waals surface area contributed by atoms with Gasteiger partial charge >= 0.3 is 6.18 Å². The molecule has 3 atom stereocenters. The van der Waals surface area contributed by atoms with Crippen molar-refractivity contribution in [2.45, 2.75) is 45.2 Å². The van der Waals surface area contributed by atoms with Gasteiger partial charge in [0.05, 0.1) is 17.1 Å². The first kappa shape index (κ1) is 15.6. The molecule has 1 fully saturated rings. The minimum atomic E-state index is -4.52. The highest BCUT2D eigenvalue weighted by Crippen LogP contribution is 2.42. The Hall–Kier alpha value is -1.34. The SMILES string of the molecule is CC[C@@H]1C[C@@H](C)[C@H](n2cc(C(F)(F)F)c3c(Cl)ncnc32)O1. The van der Waals surface area contributed by atoms with Crippen LogP contribution >= 0.6 is 11.6 Å². The summed E-state index contributed by atoms with van der Waals surface area (Å²) in [7, 11) is 0. The molecular formula is C14H15ClF3N3O. The van der Waals surface area contributed by atoms with Gasteiger partial charge in [0.15, 0.2) is 0 Å². The molecule has 3 rings (SSSR count). The average Bonchev–Trinajstić information content (AvgIpc) is 2.99. The number of hydrogen-bond acceptors (Lipinski definition) is 3. The minimum Gasteiger partial charge on any atom is -0.354 e. The Labute approximate surface area is 130 Å². The van der Waals surface area contributed by atoms with Gasteiger partial charge in [-0.15, -0.1) is 0 Å². The predicted octanol–water partition coefficient (Wildman–Crippen LogP) is 4.44. The van der Waals surface area contributed by atoms with E-state index in [1.807, 2.05) is 13.8 Å². The van der Waals surface area contributed by atoms with Crippen LogP contribution in [0.3, 0.4) is 0 Å². The molecule has 120 valence electrons. The number of fused-ring (bicyclic) bond motifs is 1. The molecule has 8 heteroatoms. The average molecular weight is 334 g/mol. The normalized spacial score (nSPS) is 26.0. The van der Waals surface area contributed by atoms with Gasteiger partial charge in [-0.1, -0.05) is 25.4 Å². The summed E-state index contributed by atoms with van der Waals surface area (Å²) in [5.74, 6) is 0.0929. The zero-order valence-electron chi connectivity index (χ0n) is 12.1. The van der Waals surface area contributed by atoms with Crippen molar-refractivity contribution in [1.82, 2.24) is 14.5 Å². The van der Waals surface area contributed by atoms with E-state index >= 15 is 0 Å². The van der Waals surface area contributed by atoms with Crippen molar-refractivity contribution < 1.29 is 17.9 Å². The molecular weight excluding hydrogens is 319 g/mol. The van der Waals surface area contributed by atoms with Crippen molar-refractivity contribution in [2.75, 3.05) is 0 Å². The van der Waals surface area contributed by atoms with Crippen molar-refractivity contribution in [1.29, 1.82) is 0 Å². The molecule has 0 aromatic carbocycles. The molecule has 0 aliphatic carbocycles. The van der Waals surface area contributed by atoms with Gasteiger partial charge in [0, 0.05) is 12.1 Å². The molecule has 0 radical (unpaired) electrons. The van der Waals surface area contributed by atoms with E-state index < -0.39 is 18.0 Å². The summed E-state index contributed by atoms with van der Waals surface area (Å²) in [6, 6.07) is 0. The Morgan fingerprint density at radius 3 is 2.73 bits per heavy atom. The van der Waals surface area contributed by atoms with E-state index in [0.29, 0.717) is 0 Å². The Morgan fingerprint density at radius 2 is 2.14 bits per heavy atom. The molecule has 0 N–H and O–H groups in total. The third kappa shape index (κ3) is 2.46. The summed E-state index contributed by atoms with van der Waals surface area (Å²) in [4.78, 5) is 7.67. The second kappa shape index (κ2) is 5.38. The van der Waals surface area contributed by atoms with Gasteiger partial charge in [-0.25, -0.2) is 9.97 Å². The van der Waals surface area contributed by atoms with Crippen molar-refractivity contribution in [3.63, 3.8) is 0 Å². The summed E-state index contributed by atoms with van der Waals surface area (Å²) >= 11 is 5.88. The van der Waals surface area contributed by atoms with Gasteiger partial charge in [-0.2, -0.15) is 13.2 Å². The van der Waals surface area contributed by atoms with Gasteiger partial charge in [0.1, 0.15) is 23.4 Å². The number of aromatic nitrogens is 3.